The van der Waals surface area contributed by atoms with E-state index in [2.05, 4.69) is 24.1 Å². The van der Waals surface area contributed by atoms with Crippen LogP contribution < -0.4 is 11.1 Å². The van der Waals surface area contributed by atoms with Gasteiger partial charge in [-0.25, -0.2) is 0 Å². The Balaban J connectivity index is 2.55. The van der Waals surface area contributed by atoms with E-state index in [-0.39, 0.29) is 17.5 Å². The second kappa shape index (κ2) is 6.95. The van der Waals surface area contributed by atoms with Crippen LogP contribution in [-0.4, -0.2) is 52.5 Å². The van der Waals surface area contributed by atoms with E-state index in [9.17, 15) is 4.79 Å². The highest BCUT2D eigenvalue weighted by molar-refractivity contribution is 8.00. The number of thioether (sulfide) groups is 1. The van der Waals surface area contributed by atoms with Crippen LogP contribution in [0.25, 0.3) is 0 Å². The zero-order valence-corrected chi connectivity index (χ0v) is 13.7. The number of hydrogen-bond donors (Lipinski definition) is 2. The Hall–Kier alpha value is -0.260. The summed E-state index contributed by atoms with van der Waals surface area (Å²) in [4.78, 5) is 14.4. The van der Waals surface area contributed by atoms with Gasteiger partial charge in [0, 0.05) is 48.1 Å². The highest BCUT2D eigenvalue weighted by Crippen LogP contribution is 2.26. The molecule has 3 atom stereocenters. The molecule has 1 amide bonds. The van der Waals surface area contributed by atoms with E-state index in [1.165, 1.54) is 0 Å². The molecule has 0 aromatic rings. The van der Waals surface area contributed by atoms with Crippen LogP contribution in [0.15, 0.2) is 0 Å². The molecule has 4 nitrogen and oxygen atoms in total. The third-order valence-corrected chi connectivity index (χ3v) is 4.40. The fourth-order valence-electron chi connectivity index (χ4n) is 2.56. The Morgan fingerprint density at radius 3 is 2.32 bits per heavy atom. The van der Waals surface area contributed by atoms with E-state index in [0.29, 0.717) is 23.5 Å². The number of nitrogens with zero attached hydrogens (tertiary/aromatic N) is 1. The first-order chi connectivity index (χ1) is 8.71. The second-order valence-corrected chi connectivity index (χ2v) is 8.48. The van der Waals surface area contributed by atoms with Gasteiger partial charge >= 0.3 is 0 Å². The van der Waals surface area contributed by atoms with Gasteiger partial charge in [-0.15, -0.1) is 0 Å². The molecule has 1 heterocycles. The van der Waals surface area contributed by atoms with Crippen LogP contribution in [0.5, 0.6) is 0 Å². The molecule has 1 aliphatic rings. The number of nitrogens with one attached hydrogen (secondary N) is 1. The predicted molar refractivity (Wildman–Crippen MR) is 83.4 cm³/mol. The third kappa shape index (κ3) is 6.15. The Labute approximate surface area is 121 Å². The summed E-state index contributed by atoms with van der Waals surface area (Å²) in [6, 6.07) is 0.160. The molecule has 1 saturated heterocycles. The van der Waals surface area contributed by atoms with Crippen LogP contribution >= 0.6 is 11.8 Å². The second-order valence-electron chi connectivity index (χ2n) is 6.60. The van der Waals surface area contributed by atoms with Gasteiger partial charge in [0.05, 0.1) is 0 Å². The summed E-state index contributed by atoms with van der Waals surface area (Å²) in [6.07, 6.45) is 0.498. The lowest BCUT2D eigenvalue weighted by Gasteiger charge is -2.39. The third-order valence-electron chi connectivity index (χ3n) is 3.17. The van der Waals surface area contributed by atoms with E-state index < -0.39 is 0 Å². The first kappa shape index (κ1) is 16.8. The number of hydrogen-bond acceptors (Lipinski definition) is 4. The number of carbonyl (C=O) groups excluding carboxylic acids is 1. The molecule has 19 heavy (non-hydrogen) atoms. The van der Waals surface area contributed by atoms with Gasteiger partial charge in [-0.3, -0.25) is 9.69 Å². The van der Waals surface area contributed by atoms with Crippen molar-refractivity contribution in [1.82, 2.24) is 10.2 Å². The van der Waals surface area contributed by atoms with Gasteiger partial charge in [0.1, 0.15) is 0 Å². The van der Waals surface area contributed by atoms with Crippen molar-refractivity contribution < 1.29 is 4.79 Å². The molecule has 1 fully saturated rings. The maximum atomic E-state index is 12.0. The van der Waals surface area contributed by atoms with Crippen LogP contribution in [0.1, 0.15) is 41.0 Å². The first-order valence-corrected chi connectivity index (χ1v) is 8.06. The van der Waals surface area contributed by atoms with Crippen molar-refractivity contribution in [2.24, 2.45) is 5.73 Å². The maximum Gasteiger partial charge on any atom is 0.222 e. The molecule has 0 saturated carbocycles. The number of carbonyl (C=O) groups is 1. The highest BCUT2D eigenvalue weighted by Gasteiger charge is 2.29. The van der Waals surface area contributed by atoms with Crippen LogP contribution in [0.2, 0.25) is 0 Å². The largest absolute Gasteiger partial charge is 0.351 e. The standard InChI is InChI=1S/C14H29N3OS/c1-10-8-17(9-11(2)19-10)12(7-15)6-13(18)16-14(3,4)5/h10-12H,6-9,15H2,1-5H3,(H,16,18). The molecule has 3 unspecified atom stereocenters. The fraction of sp³-hybridized carbons (Fsp3) is 0.929. The van der Waals surface area contributed by atoms with E-state index >= 15 is 0 Å². The van der Waals surface area contributed by atoms with Gasteiger partial charge < -0.3 is 11.1 Å². The minimum absolute atomic E-state index is 0.0986. The molecule has 1 aliphatic heterocycles. The lowest BCUT2D eigenvalue weighted by Crippen LogP contribution is -2.52. The Kier molecular flexibility index (Phi) is 6.15. The molecule has 1 rings (SSSR count). The summed E-state index contributed by atoms with van der Waals surface area (Å²) in [7, 11) is 0. The first-order valence-electron chi connectivity index (χ1n) is 7.12. The van der Waals surface area contributed by atoms with Crippen LogP contribution in [0, 0.1) is 0 Å². The fourth-order valence-corrected chi connectivity index (χ4v) is 3.91. The lowest BCUT2D eigenvalue weighted by atomic mass is 10.1. The van der Waals surface area contributed by atoms with Crippen LogP contribution in [0.3, 0.4) is 0 Å². The summed E-state index contributed by atoms with van der Waals surface area (Å²) in [5.41, 5.74) is 5.71. The topological polar surface area (TPSA) is 58.4 Å². The molecule has 0 bridgehead atoms. The molecule has 0 radical (unpaired) electrons. The molecule has 0 aliphatic carbocycles. The Bertz CT molecular complexity index is 294. The van der Waals surface area contributed by atoms with Gasteiger partial charge in [-0.1, -0.05) is 13.8 Å². The van der Waals surface area contributed by atoms with Crippen molar-refractivity contribution in [3.05, 3.63) is 0 Å². The minimum atomic E-state index is -0.172. The number of nitrogens with two attached hydrogens (primary N) is 1. The van der Waals surface area contributed by atoms with Crippen molar-refractivity contribution in [2.45, 2.75) is 63.1 Å². The molecule has 0 aromatic heterocycles. The molecule has 5 heteroatoms. The molecule has 0 aromatic carbocycles. The Morgan fingerprint density at radius 2 is 1.89 bits per heavy atom. The molecular weight excluding hydrogens is 258 g/mol. The van der Waals surface area contributed by atoms with E-state index in [0.717, 1.165) is 13.1 Å². The summed E-state index contributed by atoms with van der Waals surface area (Å²) in [5.74, 6) is 0.0986. The summed E-state index contributed by atoms with van der Waals surface area (Å²) >= 11 is 2.02. The van der Waals surface area contributed by atoms with Gasteiger partial charge in [0.2, 0.25) is 5.91 Å². The van der Waals surface area contributed by atoms with Crippen molar-refractivity contribution >= 4 is 17.7 Å². The smallest absolute Gasteiger partial charge is 0.222 e. The highest BCUT2D eigenvalue weighted by atomic mass is 32.2. The van der Waals surface area contributed by atoms with Crippen molar-refractivity contribution in [3.8, 4) is 0 Å². The van der Waals surface area contributed by atoms with E-state index in [1.54, 1.807) is 0 Å². The van der Waals surface area contributed by atoms with Crippen molar-refractivity contribution in [1.29, 1.82) is 0 Å². The van der Waals surface area contributed by atoms with E-state index in [1.807, 2.05) is 32.5 Å². The van der Waals surface area contributed by atoms with Crippen LogP contribution in [0.4, 0.5) is 0 Å². The minimum Gasteiger partial charge on any atom is -0.351 e. The van der Waals surface area contributed by atoms with Crippen LogP contribution in [-0.2, 0) is 4.79 Å². The monoisotopic (exact) mass is 287 g/mol. The average Bonchev–Trinajstić information content (AvgIpc) is 2.21. The predicted octanol–water partition coefficient (Wildman–Crippen LogP) is 1.44. The quantitative estimate of drug-likeness (QED) is 0.821. The van der Waals surface area contributed by atoms with Gasteiger partial charge in [-0.2, -0.15) is 11.8 Å². The Morgan fingerprint density at radius 1 is 1.37 bits per heavy atom. The lowest BCUT2D eigenvalue weighted by molar-refractivity contribution is -0.123. The zero-order chi connectivity index (χ0) is 14.6. The normalized spacial score (nSPS) is 27.1. The van der Waals surface area contributed by atoms with Gasteiger partial charge in [-0.05, 0) is 20.8 Å². The number of amides is 1. The van der Waals surface area contributed by atoms with E-state index in [4.69, 9.17) is 5.73 Å². The van der Waals surface area contributed by atoms with Gasteiger partial charge in [0.25, 0.3) is 0 Å². The molecule has 3 N–H and O–H groups in total. The SMILES string of the molecule is CC1CN(C(CN)CC(=O)NC(C)(C)C)CC(C)S1. The number of rotatable bonds is 4. The zero-order valence-electron chi connectivity index (χ0n) is 12.9. The molecular formula is C14H29N3OS. The van der Waals surface area contributed by atoms with Crippen molar-refractivity contribution in [2.75, 3.05) is 19.6 Å². The maximum absolute atomic E-state index is 12.0. The summed E-state index contributed by atoms with van der Waals surface area (Å²) < 4.78 is 0. The van der Waals surface area contributed by atoms with Gasteiger partial charge in [0.15, 0.2) is 0 Å². The van der Waals surface area contributed by atoms with Crippen molar-refractivity contribution in [3.63, 3.8) is 0 Å². The average molecular weight is 287 g/mol. The molecule has 0 spiro atoms. The summed E-state index contributed by atoms with van der Waals surface area (Å²) in [5, 5.41) is 4.25. The summed E-state index contributed by atoms with van der Waals surface area (Å²) in [6.45, 7) is 13.1. The molecule has 112 valence electrons.